The van der Waals surface area contributed by atoms with Crippen molar-refractivity contribution in [3.8, 4) is 5.75 Å². The monoisotopic (exact) mass is 561 g/mol. The Labute approximate surface area is 215 Å². The number of fused-ring (bicyclic) bond motifs is 4. The molecule has 2 N–H and O–H groups in total. The van der Waals surface area contributed by atoms with Gasteiger partial charge in [0.25, 0.3) is 0 Å². The summed E-state index contributed by atoms with van der Waals surface area (Å²) in [6.45, 7) is 1.89. The minimum atomic E-state index is -1.11. The molecule has 33 heavy (non-hydrogen) atoms. The van der Waals surface area contributed by atoms with Crippen LogP contribution in [0.4, 0.5) is 11.4 Å². The van der Waals surface area contributed by atoms with Gasteiger partial charge in [-0.25, -0.2) is 0 Å². The summed E-state index contributed by atoms with van der Waals surface area (Å²) in [6.07, 6.45) is 0. The topological polar surface area (TPSA) is 53.6 Å². The van der Waals surface area contributed by atoms with Crippen LogP contribution in [0.3, 0.4) is 0 Å². The van der Waals surface area contributed by atoms with Crippen LogP contribution in [0, 0.1) is 5.92 Å². The molecule has 5 rings (SSSR count). The summed E-state index contributed by atoms with van der Waals surface area (Å²) in [6, 6.07) is 19.7. The van der Waals surface area contributed by atoms with E-state index >= 15 is 0 Å². The van der Waals surface area contributed by atoms with E-state index in [-0.39, 0.29) is 5.91 Å². The number of nitrogens with one attached hydrogen (secondary N) is 2. The first-order valence-corrected chi connectivity index (χ1v) is 12.1. The summed E-state index contributed by atoms with van der Waals surface area (Å²) in [4.78, 5) is 15.6. The van der Waals surface area contributed by atoms with Crippen LogP contribution in [-0.2, 0) is 4.79 Å². The molecule has 0 aromatic heterocycles. The molecule has 2 heterocycles. The van der Waals surface area contributed by atoms with Gasteiger partial charge in [0.1, 0.15) is 11.7 Å². The van der Waals surface area contributed by atoms with Gasteiger partial charge in [0.05, 0.1) is 6.04 Å². The lowest BCUT2D eigenvalue weighted by molar-refractivity contribution is -0.130. The number of hydrogen-bond donors (Lipinski definition) is 2. The van der Waals surface area contributed by atoms with Crippen molar-refractivity contribution in [2.75, 3.05) is 10.2 Å². The van der Waals surface area contributed by atoms with Gasteiger partial charge in [-0.1, -0.05) is 45.2 Å². The van der Waals surface area contributed by atoms with Crippen molar-refractivity contribution in [2.45, 2.75) is 18.7 Å². The van der Waals surface area contributed by atoms with Crippen LogP contribution >= 0.6 is 51.3 Å². The molecule has 1 amide bonds. The number of amides is 1. The lowest BCUT2D eigenvalue weighted by Crippen LogP contribution is -2.72. The summed E-state index contributed by atoms with van der Waals surface area (Å²) in [5.41, 5.74) is 1.11. The standard InChI is InChI=1S/C24H18BrCl2N3O2S/c1-24-20(22(31)28-16-8-5-14(26)6-9-16)21(18-12-15(27)7-10-19(18)32-24)29-23(33)30(24)17-4-2-3-13(25)11-17/h2-12,20-21H,1H3,(H,28,31)(H,29,33)/t20-,21+,24-/m1/s1. The molecule has 5 nitrogen and oxygen atoms in total. The van der Waals surface area contributed by atoms with Crippen LogP contribution in [0.1, 0.15) is 18.5 Å². The maximum Gasteiger partial charge on any atom is 0.236 e. The van der Waals surface area contributed by atoms with E-state index in [2.05, 4.69) is 26.6 Å². The molecule has 0 spiro atoms. The zero-order valence-corrected chi connectivity index (χ0v) is 21.2. The third kappa shape index (κ3) is 3.97. The Morgan fingerprint density at radius 2 is 1.85 bits per heavy atom. The van der Waals surface area contributed by atoms with Crippen LogP contribution in [0.5, 0.6) is 5.75 Å². The van der Waals surface area contributed by atoms with E-state index in [0.29, 0.717) is 26.6 Å². The van der Waals surface area contributed by atoms with E-state index in [1.165, 1.54) is 0 Å². The van der Waals surface area contributed by atoms with E-state index < -0.39 is 17.7 Å². The maximum atomic E-state index is 13.7. The van der Waals surface area contributed by atoms with Crippen molar-refractivity contribution in [3.05, 3.63) is 86.8 Å². The summed E-state index contributed by atoms with van der Waals surface area (Å²) in [5.74, 6) is -0.229. The highest BCUT2D eigenvalue weighted by Gasteiger charge is 2.59. The SMILES string of the molecule is C[C@]12Oc3ccc(Cl)cc3[C@H](NC(=S)N1c1cccc(Br)c1)[C@@H]2C(=O)Nc1ccc(Cl)cc1. The molecule has 2 bridgehead atoms. The average molecular weight is 563 g/mol. The zero-order valence-electron chi connectivity index (χ0n) is 17.3. The Morgan fingerprint density at radius 1 is 1.12 bits per heavy atom. The largest absolute Gasteiger partial charge is 0.467 e. The third-order valence-electron chi connectivity index (χ3n) is 5.92. The van der Waals surface area contributed by atoms with E-state index in [0.717, 1.165) is 15.7 Å². The van der Waals surface area contributed by atoms with Crippen molar-refractivity contribution in [2.24, 2.45) is 5.92 Å². The second-order valence-corrected chi connectivity index (χ2v) is 10.2. The van der Waals surface area contributed by atoms with Gasteiger partial charge in [0.15, 0.2) is 10.8 Å². The molecule has 3 aromatic carbocycles. The summed E-state index contributed by atoms with van der Waals surface area (Å²) >= 11 is 21.6. The number of benzene rings is 3. The van der Waals surface area contributed by atoms with Crippen LogP contribution in [0.2, 0.25) is 10.0 Å². The predicted molar refractivity (Wildman–Crippen MR) is 139 cm³/mol. The second-order valence-electron chi connectivity index (χ2n) is 8.06. The molecule has 0 aliphatic carbocycles. The first kappa shape index (κ1) is 22.5. The first-order chi connectivity index (χ1) is 15.8. The van der Waals surface area contributed by atoms with E-state index in [1.54, 1.807) is 30.3 Å². The predicted octanol–water partition coefficient (Wildman–Crippen LogP) is 6.56. The van der Waals surface area contributed by atoms with Crippen LogP contribution < -0.4 is 20.3 Å². The molecule has 2 aliphatic rings. The molecule has 1 saturated heterocycles. The number of anilines is 2. The third-order valence-corrected chi connectivity index (χ3v) is 7.20. The highest BCUT2D eigenvalue weighted by atomic mass is 79.9. The molecule has 1 fully saturated rings. The average Bonchev–Trinajstić information content (AvgIpc) is 2.75. The Morgan fingerprint density at radius 3 is 2.58 bits per heavy atom. The minimum Gasteiger partial charge on any atom is -0.467 e. The number of carbonyl (C=O) groups excluding carboxylic acids is 1. The van der Waals surface area contributed by atoms with E-state index in [9.17, 15) is 4.79 Å². The summed E-state index contributed by atoms with van der Waals surface area (Å²) in [5, 5.41) is 7.99. The number of rotatable bonds is 3. The zero-order chi connectivity index (χ0) is 23.3. The van der Waals surface area contributed by atoms with Gasteiger partial charge in [-0.05, 0) is 79.8 Å². The van der Waals surface area contributed by atoms with Crippen LogP contribution in [0.15, 0.2) is 71.2 Å². The molecule has 168 valence electrons. The molecule has 3 aromatic rings. The normalized spacial score (nSPS) is 23.3. The van der Waals surface area contributed by atoms with Gasteiger partial charge >= 0.3 is 0 Å². The lowest BCUT2D eigenvalue weighted by Gasteiger charge is -2.56. The Bertz CT molecular complexity index is 1270. The fourth-order valence-corrected chi connectivity index (χ4v) is 5.62. The first-order valence-electron chi connectivity index (χ1n) is 10.2. The number of thiocarbonyl (C=S) groups is 1. The quantitative estimate of drug-likeness (QED) is 0.354. The summed E-state index contributed by atoms with van der Waals surface area (Å²) in [7, 11) is 0. The summed E-state index contributed by atoms with van der Waals surface area (Å²) < 4.78 is 7.44. The number of hydrogen-bond acceptors (Lipinski definition) is 3. The second kappa shape index (κ2) is 8.47. The van der Waals surface area contributed by atoms with E-state index in [1.807, 2.05) is 48.2 Å². The minimum absolute atomic E-state index is 0.217. The maximum absolute atomic E-state index is 13.7. The van der Waals surface area contributed by atoms with Crippen molar-refractivity contribution in [1.29, 1.82) is 0 Å². The molecular weight excluding hydrogens is 545 g/mol. The molecular formula is C24H18BrCl2N3O2S. The number of nitrogens with zero attached hydrogens (tertiary/aromatic N) is 1. The van der Waals surface area contributed by atoms with Crippen molar-refractivity contribution >= 4 is 73.7 Å². The van der Waals surface area contributed by atoms with Gasteiger partial charge in [0, 0.05) is 31.5 Å². The van der Waals surface area contributed by atoms with Crippen molar-refractivity contribution in [3.63, 3.8) is 0 Å². The van der Waals surface area contributed by atoms with Gasteiger partial charge in [-0.2, -0.15) is 0 Å². The van der Waals surface area contributed by atoms with Gasteiger partial charge in [0.2, 0.25) is 5.91 Å². The fraction of sp³-hybridized carbons (Fsp3) is 0.167. The molecule has 0 saturated carbocycles. The molecule has 2 aliphatic heterocycles. The Hall–Kier alpha value is -2.32. The van der Waals surface area contributed by atoms with Gasteiger partial charge in [-0.15, -0.1) is 0 Å². The van der Waals surface area contributed by atoms with Gasteiger partial charge < -0.3 is 15.4 Å². The smallest absolute Gasteiger partial charge is 0.236 e. The van der Waals surface area contributed by atoms with Crippen LogP contribution in [-0.4, -0.2) is 16.7 Å². The molecule has 9 heteroatoms. The Kier molecular flexibility index (Phi) is 5.77. The number of halogens is 3. The van der Waals surface area contributed by atoms with Crippen LogP contribution in [0.25, 0.3) is 0 Å². The number of carbonyl (C=O) groups is 1. The highest BCUT2D eigenvalue weighted by molar-refractivity contribution is 9.10. The van der Waals surface area contributed by atoms with Crippen molar-refractivity contribution < 1.29 is 9.53 Å². The molecule has 0 radical (unpaired) electrons. The van der Waals surface area contributed by atoms with E-state index in [4.69, 9.17) is 40.2 Å². The lowest BCUT2D eigenvalue weighted by atomic mass is 9.78. The number of ether oxygens (including phenoxy) is 1. The fourth-order valence-electron chi connectivity index (χ4n) is 4.51. The molecule has 0 unspecified atom stereocenters. The van der Waals surface area contributed by atoms with Crippen molar-refractivity contribution in [1.82, 2.24) is 5.32 Å². The van der Waals surface area contributed by atoms with Gasteiger partial charge in [-0.3, -0.25) is 9.69 Å². The molecule has 3 atom stereocenters. The highest BCUT2D eigenvalue weighted by Crippen LogP contribution is 2.50. The Balaban J connectivity index is 1.63.